The van der Waals surface area contributed by atoms with Crippen LogP contribution in [0.25, 0.3) is 11.3 Å². The molecule has 1 aliphatic carbocycles. The molecule has 5 nitrogen and oxygen atoms in total. The topological polar surface area (TPSA) is 62.6 Å². The molecule has 1 aromatic carbocycles. The molecule has 0 atom stereocenters. The van der Waals surface area contributed by atoms with E-state index in [2.05, 4.69) is 11.4 Å². The molecule has 0 saturated carbocycles. The van der Waals surface area contributed by atoms with E-state index in [0.717, 1.165) is 24.8 Å². The zero-order chi connectivity index (χ0) is 19.2. The molecule has 2 aromatic rings. The number of nitrogens with one attached hydrogen (secondary N) is 1. The van der Waals surface area contributed by atoms with Crippen LogP contribution in [-0.2, 0) is 0 Å². The lowest BCUT2D eigenvalue weighted by molar-refractivity contribution is 0.0797. The lowest BCUT2D eigenvalue weighted by atomic mass is 9.97. The molecule has 0 saturated heterocycles. The molecular weight excluding hydrogens is 340 g/mol. The first-order chi connectivity index (χ1) is 13.0. The van der Waals surface area contributed by atoms with E-state index in [1.54, 1.807) is 38.4 Å². The van der Waals surface area contributed by atoms with Crippen molar-refractivity contribution in [1.82, 2.24) is 10.2 Å². The third-order valence-electron chi connectivity index (χ3n) is 4.75. The van der Waals surface area contributed by atoms with Crippen LogP contribution in [0.3, 0.4) is 0 Å². The average molecular weight is 366 g/mol. The minimum Gasteiger partial charge on any atom is -0.451 e. The molecule has 1 aliphatic rings. The van der Waals surface area contributed by atoms with Gasteiger partial charge in [-0.15, -0.1) is 0 Å². The molecule has 1 heterocycles. The number of hydrogen-bond donors (Lipinski definition) is 1. The number of carbonyl (C=O) groups excluding carboxylic acids is 2. The molecule has 0 bridgehead atoms. The Labute approximate surface area is 160 Å². The van der Waals surface area contributed by atoms with E-state index >= 15 is 0 Å². The maximum Gasteiger partial charge on any atom is 0.289 e. The summed E-state index contributed by atoms with van der Waals surface area (Å²) in [5, 5.41) is 2.99. The van der Waals surface area contributed by atoms with Gasteiger partial charge >= 0.3 is 0 Å². The fraction of sp³-hybridized carbons (Fsp3) is 0.364. The highest BCUT2D eigenvalue weighted by molar-refractivity contribution is 5.95. The largest absolute Gasteiger partial charge is 0.451 e. The van der Waals surface area contributed by atoms with E-state index < -0.39 is 0 Å². The second-order valence-electron chi connectivity index (χ2n) is 7.06. The Balaban J connectivity index is 1.63. The zero-order valence-corrected chi connectivity index (χ0v) is 16.0. The highest BCUT2D eigenvalue weighted by Gasteiger charge is 2.15. The normalized spacial score (nSPS) is 13.8. The minimum absolute atomic E-state index is 0.0931. The molecule has 5 heteroatoms. The van der Waals surface area contributed by atoms with Crippen LogP contribution < -0.4 is 5.32 Å². The summed E-state index contributed by atoms with van der Waals surface area (Å²) in [4.78, 5) is 25.9. The molecule has 0 fully saturated rings. The van der Waals surface area contributed by atoms with Crippen molar-refractivity contribution < 1.29 is 14.0 Å². The van der Waals surface area contributed by atoms with Crippen LogP contribution in [0.5, 0.6) is 0 Å². The number of benzene rings is 1. The Morgan fingerprint density at radius 1 is 1.15 bits per heavy atom. The van der Waals surface area contributed by atoms with Crippen molar-refractivity contribution in [2.45, 2.75) is 32.1 Å². The second kappa shape index (κ2) is 8.71. The van der Waals surface area contributed by atoms with Gasteiger partial charge < -0.3 is 14.6 Å². The molecular formula is C22H26N2O3. The van der Waals surface area contributed by atoms with Gasteiger partial charge in [-0.3, -0.25) is 9.59 Å². The summed E-state index contributed by atoms with van der Waals surface area (Å²) in [6, 6.07) is 10.7. The maximum atomic E-state index is 12.5. The Morgan fingerprint density at radius 3 is 2.74 bits per heavy atom. The van der Waals surface area contributed by atoms with Crippen LogP contribution in [0.1, 0.15) is 53.0 Å². The van der Waals surface area contributed by atoms with Gasteiger partial charge in [0.05, 0.1) is 0 Å². The summed E-state index contributed by atoms with van der Waals surface area (Å²) in [5.41, 5.74) is 2.81. The van der Waals surface area contributed by atoms with E-state index in [1.165, 1.54) is 23.3 Å². The highest BCUT2D eigenvalue weighted by atomic mass is 16.4. The van der Waals surface area contributed by atoms with Crippen LogP contribution >= 0.6 is 0 Å². The lowest BCUT2D eigenvalue weighted by Gasteiger charge is -2.13. The molecule has 0 radical (unpaired) electrons. The van der Waals surface area contributed by atoms with Gasteiger partial charge in [0, 0.05) is 31.8 Å². The summed E-state index contributed by atoms with van der Waals surface area (Å²) < 4.78 is 5.66. The Morgan fingerprint density at radius 2 is 2.00 bits per heavy atom. The van der Waals surface area contributed by atoms with Crippen LogP contribution in [0, 0.1) is 0 Å². The van der Waals surface area contributed by atoms with Gasteiger partial charge in [-0.1, -0.05) is 23.8 Å². The van der Waals surface area contributed by atoms with Gasteiger partial charge in [-0.25, -0.2) is 0 Å². The second-order valence-corrected chi connectivity index (χ2v) is 7.06. The van der Waals surface area contributed by atoms with Crippen molar-refractivity contribution in [3.05, 3.63) is 59.4 Å². The van der Waals surface area contributed by atoms with Crippen molar-refractivity contribution in [3.8, 4) is 11.3 Å². The summed E-state index contributed by atoms with van der Waals surface area (Å²) in [5.74, 6) is 0.574. The van der Waals surface area contributed by atoms with E-state index in [4.69, 9.17) is 4.42 Å². The number of hydrogen-bond acceptors (Lipinski definition) is 3. The highest BCUT2D eigenvalue weighted by Crippen LogP contribution is 2.24. The van der Waals surface area contributed by atoms with Crippen molar-refractivity contribution in [2.75, 3.05) is 20.6 Å². The van der Waals surface area contributed by atoms with Crippen LogP contribution in [0.2, 0.25) is 0 Å². The third kappa shape index (κ3) is 4.88. The lowest BCUT2D eigenvalue weighted by Crippen LogP contribution is -2.24. The van der Waals surface area contributed by atoms with Crippen molar-refractivity contribution >= 4 is 11.8 Å². The van der Waals surface area contributed by atoms with Gasteiger partial charge in [-0.05, 0) is 56.4 Å². The molecule has 2 amide bonds. The molecule has 0 spiro atoms. The quantitative estimate of drug-likeness (QED) is 0.777. The number of allylic oxidation sites excluding steroid dienone is 1. The predicted molar refractivity (Wildman–Crippen MR) is 106 cm³/mol. The van der Waals surface area contributed by atoms with Gasteiger partial charge in [0.2, 0.25) is 0 Å². The first-order valence-electron chi connectivity index (χ1n) is 9.42. The standard InChI is InChI=1S/C22H26N2O3/c1-24(2)22(26)20-12-11-19(27-20)17-9-6-10-18(15-17)21(25)23-14-13-16-7-4-3-5-8-16/h6-7,9-12,15H,3-5,8,13-14H2,1-2H3,(H,23,25). The van der Waals surface area contributed by atoms with Crippen LogP contribution in [0.4, 0.5) is 0 Å². The van der Waals surface area contributed by atoms with Gasteiger partial charge in [0.25, 0.3) is 11.8 Å². The van der Waals surface area contributed by atoms with Crippen molar-refractivity contribution in [3.63, 3.8) is 0 Å². The minimum atomic E-state index is -0.188. The van der Waals surface area contributed by atoms with E-state index in [-0.39, 0.29) is 17.6 Å². The molecule has 0 unspecified atom stereocenters. The molecule has 1 aromatic heterocycles. The Kier molecular flexibility index (Phi) is 6.12. The summed E-state index contributed by atoms with van der Waals surface area (Å²) in [7, 11) is 3.36. The average Bonchev–Trinajstić information content (AvgIpc) is 3.18. The van der Waals surface area contributed by atoms with Gasteiger partial charge in [0.1, 0.15) is 5.76 Å². The smallest absolute Gasteiger partial charge is 0.289 e. The Bertz CT molecular complexity index is 849. The van der Waals surface area contributed by atoms with E-state index in [1.807, 2.05) is 12.1 Å². The third-order valence-corrected chi connectivity index (χ3v) is 4.75. The summed E-state index contributed by atoms with van der Waals surface area (Å²) in [6.07, 6.45) is 8.06. The maximum absolute atomic E-state index is 12.5. The zero-order valence-electron chi connectivity index (χ0n) is 16.0. The summed E-state index contributed by atoms with van der Waals surface area (Å²) >= 11 is 0. The van der Waals surface area contributed by atoms with Gasteiger partial charge in [-0.2, -0.15) is 0 Å². The van der Waals surface area contributed by atoms with Crippen molar-refractivity contribution in [1.29, 1.82) is 0 Å². The fourth-order valence-corrected chi connectivity index (χ4v) is 3.21. The summed E-state index contributed by atoms with van der Waals surface area (Å²) in [6.45, 7) is 0.650. The van der Waals surface area contributed by atoms with Crippen LogP contribution in [-0.4, -0.2) is 37.4 Å². The number of carbonyl (C=O) groups is 2. The fourth-order valence-electron chi connectivity index (χ4n) is 3.21. The Hall–Kier alpha value is -2.82. The molecule has 3 rings (SSSR count). The number of furan rings is 1. The van der Waals surface area contributed by atoms with Crippen molar-refractivity contribution in [2.24, 2.45) is 0 Å². The first-order valence-corrected chi connectivity index (χ1v) is 9.42. The number of rotatable bonds is 6. The molecule has 0 aliphatic heterocycles. The van der Waals surface area contributed by atoms with E-state index in [0.29, 0.717) is 17.9 Å². The molecule has 1 N–H and O–H groups in total. The first kappa shape index (κ1) is 19.0. The monoisotopic (exact) mass is 366 g/mol. The van der Waals surface area contributed by atoms with Crippen LogP contribution in [0.15, 0.2) is 52.5 Å². The van der Waals surface area contributed by atoms with Gasteiger partial charge in [0.15, 0.2) is 5.76 Å². The number of nitrogens with zero attached hydrogens (tertiary/aromatic N) is 1. The SMILES string of the molecule is CN(C)C(=O)c1ccc(-c2cccc(C(=O)NCCC3=CCCCC3)c2)o1. The number of amides is 2. The van der Waals surface area contributed by atoms with E-state index in [9.17, 15) is 9.59 Å². The molecule has 142 valence electrons. The predicted octanol–water partition coefficient (Wildman–Crippen LogP) is 4.27. The molecule has 27 heavy (non-hydrogen) atoms.